The van der Waals surface area contributed by atoms with Crippen LogP contribution in [-0.4, -0.2) is 25.7 Å². The van der Waals surface area contributed by atoms with Gasteiger partial charge in [0.05, 0.1) is 19.3 Å². The first-order chi connectivity index (χ1) is 8.38. The fourth-order valence-corrected chi connectivity index (χ4v) is 2.37. The number of methoxy groups -OCH3 is 1. The molecule has 5 nitrogen and oxygen atoms in total. The zero-order valence-electron chi connectivity index (χ0n) is 10.9. The SMILES string of the molecule is COC(=O)c1sc(N)c(C(=O)OCC(C)C)c1C. The van der Waals surface area contributed by atoms with Crippen LogP contribution in [0.1, 0.15) is 39.4 Å². The van der Waals surface area contributed by atoms with Gasteiger partial charge in [-0.25, -0.2) is 9.59 Å². The number of esters is 2. The average molecular weight is 271 g/mol. The summed E-state index contributed by atoms with van der Waals surface area (Å²) in [4.78, 5) is 23.7. The molecule has 0 fully saturated rings. The molecule has 0 atom stereocenters. The van der Waals surface area contributed by atoms with Gasteiger partial charge in [-0.2, -0.15) is 0 Å². The second kappa shape index (κ2) is 5.86. The molecular formula is C12H17NO4S. The van der Waals surface area contributed by atoms with Crippen molar-refractivity contribution < 1.29 is 19.1 Å². The number of nitrogens with two attached hydrogens (primary N) is 1. The molecule has 0 unspecified atom stereocenters. The summed E-state index contributed by atoms with van der Waals surface area (Å²) in [5, 5.41) is 0.279. The first kappa shape index (κ1) is 14.5. The molecule has 1 heterocycles. The van der Waals surface area contributed by atoms with Crippen molar-refractivity contribution in [2.45, 2.75) is 20.8 Å². The van der Waals surface area contributed by atoms with Crippen molar-refractivity contribution in [1.29, 1.82) is 0 Å². The molecule has 1 aromatic rings. The van der Waals surface area contributed by atoms with Crippen molar-refractivity contribution in [3.05, 3.63) is 16.0 Å². The van der Waals surface area contributed by atoms with Crippen LogP contribution in [0.15, 0.2) is 0 Å². The maximum atomic E-state index is 11.9. The van der Waals surface area contributed by atoms with Crippen LogP contribution in [0.4, 0.5) is 5.00 Å². The topological polar surface area (TPSA) is 78.6 Å². The van der Waals surface area contributed by atoms with Gasteiger partial charge in [-0.1, -0.05) is 13.8 Å². The van der Waals surface area contributed by atoms with Gasteiger partial charge in [-0.3, -0.25) is 0 Å². The Morgan fingerprint density at radius 3 is 2.44 bits per heavy atom. The lowest BCUT2D eigenvalue weighted by atomic mass is 10.1. The van der Waals surface area contributed by atoms with Crippen LogP contribution < -0.4 is 5.73 Å². The third kappa shape index (κ3) is 3.01. The van der Waals surface area contributed by atoms with E-state index in [-0.39, 0.29) is 16.5 Å². The minimum absolute atomic E-state index is 0.245. The van der Waals surface area contributed by atoms with Crippen molar-refractivity contribution in [3.63, 3.8) is 0 Å². The summed E-state index contributed by atoms with van der Waals surface area (Å²) < 4.78 is 9.74. The predicted molar refractivity (Wildman–Crippen MR) is 69.9 cm³/mol. The fourth-order valence-electron chi connectivity index (χ4n) is 1.39. The molecule has 0 aliphatic heterocycles. The molecule has 100 valence electrons. The Morgan fingerprint density at radius 1 is 1.33 bits per heavy atom. The number of ether oxygens (including phenoxy) is 2. The minimum Gasteiger partial charge on any atom is -0.465 e. The number of nitrogen functional groups attached to an aromatic ring is 1. The number of carbonyl (C=O) groups excluding carboxylic acids is 2. The van der Waals surface area contributed by atoms with Gasteiger partial charge < -0.3 is 15.2 Å². The van der Waals surface area contributed by atoms with Crippen LogP contribution in [0.2, 0.25) is 0 Å². The van der Waals surface area contributed by atoms with Gasteiger partial charge >= 0.3 is 11.9 Å². The standard InChI is InChI=1S/C12H17NO4S/c1-6(2)5-17-11(14)8-7(3)9(12(15)16-4)18-10(8)13/h6H,5,13H2,1-4H3. The van der Waals surface area contributed by atoms with Crippen molar-refractivity contribution in [1.82, 2.24) is 0 Å². The quantitative estimate of drug-likeness (QED) is 0.850. The van der Waals surface area contributed by atoms with Crippen LogP contribution in [0, 0.1) is 12.8 Å². The van der Waals surface area contributed by atoms with E-state index in [1.54, 1.807) is 6.92 Å². The molecule has 0 aliphatic carbocycles. The van der Waals surface area contributed by atoms with E-state index in [9.17, 15) is 9.59 Å². The molecule has 18 heavy (non-hydrogen) atoms. The molecule has 0 saturated carbocycles. The molecule has 1 rings (SSSR count). The molecule has 1 aromatic heterocycles. The Balaban J connectivity index is 2.99. The summed E-state index contributed by atoms with van der Waals surface area (Å²) in [6.07, 6.45) is 0. The van der Waals surface area contributed by atoms with E-state index in [4.69, 9.17) is 10.5 Å². The third-order valence-electron chi connectivity index (χ3n) is 2.30. The molecule has 0 aliphatic rings. The summed E-state index contributed by atoms with van der Waals surface area (Å²) in [6.45, 7) is 5.86. The second-order valence-corrected chi connectivity index (χ2v) is 5.33. The van der Waals surface area contributed by atoms with Crippen molar-refractivity contribution in [3.8, 4) is 0 Å². The summed E-state index contributed by atoms with van der Waals surface area (Å²) >= 11 is 1.04. The largest absolute Gasteiger partial charge is 0.465 e. The number of rotatable bonds is 4. The van der Waals surface area contributed by atoms with Crippen LogP contribution in [0.5, 0.6) is 0 Å². The monoisotopic (exact) mass is 271 g/mol. The van der Waals surface area contributed by atoms with Crippen LogP contribution in [0.25, 0.3) is 0 Å². The van der Waals surface area contributed by atoms with Crippen molar-refractivity contribution in [2.75, 3.05) is 19.5 Å². The molecule has 6 heteroatoms. The number of hydrogen-bond donors (Lipinski definition) is 1. The van der Waals surface area contributed by atoms with Gasteiger partial charge in [0, 0.05) is 0 Å². The highest BCUT2D eigenvalue weighted by Gasteiger charge is 2.24. The first-order valence-corrected chi connectivity index (χ1v) is 6.34. The van der Waals surface area contributed by atoms with Gasteiger partial charge in [-0.15, -0.1) is 11.3 Å². The lowest BCUT2D eigenvalue weighted by Crippen LogP contribution is -2.12. The van der Waals surface area contributed by atoms with Crippen LogP contribution in [-0.2, 0) is 9.47 Å². The van der Waals surface area contributed by atoms with Gasteiger partial charge in [0.15, 0.2) is 0 Å². The third-order valence-corrected chi connectivity index (χ3v) is 3.40. The molecule has 2 N–H and O–H groups in total. The second-order valence-electron chi connectivity index (χ2n) is 4.28. The van der Waals surface area contributed by atoms with E-state index in [1.807, 2.05) is 13.8 Å². The normalized spacial score (nSPS) is 10.5. The Hall–Kier alpha value is -1.56. The summed E-state index contributed by atoms with van der Waals surface area (Å²) in [5.41, 5.74) is 6.53. The van der Waals surface area contributed by atoms with Gasteiger partial charge in [0.1, 0.15) is 9.88 Å². The molecule has 0 aromatic carbocycles. The Bertz CT molecular complexity index is 465. The zero-order chi connectivity index (χ0) is 13.9. The Kier molecular flexibility index (Phi) is 4.72. The molecule has 0 amide bonds. The van der Waals surface area contributed by atoms with E-state index in [0.717, 1.165) is 11.3 Å². The summed E-state index contributed by atoms with van der Waals surface area (Å²) in [7, 11) is 1.29. The summed E-state index contributed by atoms with van der Waals surface area (Å²) in [6, 6.07) is 0. The van der Waals surface area contributed by atoms with E-state index in [0.29, 0.717) is 17.0 Å². The Morgan fingerprint density at radius 2 is 1.94 bits per heavy atom. The van der Waals surface area contributed by atoms with Gasteiger partial charge in [0.25, 0.3) is 0 Å². The van der Waals surface area contributed by atoms with Crippen molar-refractivity contribution in [2.24, 2.45) is 5.92 Å². The van der Waals surface area contributed by atoms with E-state index < -0.39 is 11.9 Å². The molecule has 0 saturated heterocycles. The number of hydrogen-bond acceptors (Lipinski definition) is 6. The number of carbonyl (C=O) groups is 2. The molecule has 0 spiro atoms. The summed E-state index contributed by atoms with van der Waals surface area (Å²) in [5.74, 6) is -0.744. The van der Waals surface area contributed by atoms with Crippen LogP contribution >= 0.6 is 11.3 Å². The van der Waals surface area contributed by atoms with Crippen LogP contribution in [0.3, 0.4) is 0 Å². The molecule has 0 bridgehead atoms. The lowest BCUT2D eigenvalue weighted by Gasteiger charge is -2.07. The van der Waals surface area contributed by atoms with Gasteiger partial charge in [0.2, 0.25) is 0 Å². The average Bonchev–Trinajstić information content (AvgIpc) is 2.61. The van der Waals surface area contributed by atoms with E-state index >= 15 is 0 Å². The number of anilines is 1. The molecule has 0 radical (unpaired) electrons. The highest BCUT2D eigenvalue weighted by atomic mass is 32.1. The van der Waals surface area contributed by atoms with E-state index in [2.05, 4.69) is 4.74 Å². The van der Waals surface area contributed by atoms with E-state index in [1.165, 1.54) is 7.11 Å². The Labute approximate surface area is 110 Å². The minimum atomic E-state index is -0.495. The highest BCUT2D eigenvalue weighted by molar-refractivity contribution is 7.18. The predicted octanol–water partition coefficient (Wildman–Crippen LogP) is 2.24. The molecular weight excluding hydrogens is 254 g/mol. The maximum Gasteiger partial charge on any atom is 0.348 e. The highest BCUT2D eigenvalue weighted by Crippen LogP contribution is 2.31. The lowest BCUT2D eigenvalue weighted by molar-refractivity contribution is 0.0460. The first-order valence-electron chi connectivity index (χ1n) is 5.52. The smallest absolute Gasteiger partial charge is 0.348 e. The van der Waals surface area contributed by atoms with Gasteiger partial charge in [-0.05, 0) is 18.4 Å². The maximum absolute atomic E-state index is 11.9. The fraction of sp³-hybridized carbons (Fsp3) is 0.500. The number of thiophene rings is 1. The van der Waals surface area contributed by atoms with Crippen molar-refractivity contribution >= 4 is 28.3 Å². The zero-order valence-corrected chi connectivity index (χ0v) is 11.7.